The molecule has 0 atom stereocenters. The highest BCUT2D eigenvalue weighted by Crippen LogP contribution is 2.27. The summed E-state index contributed by atoms with van der Waals surface area (Å²) >= 11 is 5.71. The molecule has 29 heavy (non-hydrogen) atoms. The van der Waals surface area contributed by atoms with E-state index in [0.29, 0.717) is 5.56 Å². The van der Waals surface area contributed by atoms with Gasteiger partial charge in [-0.1, -0.05) is 29.3 Å². The molecule has 0 saturated heterocycles. The van der Waals surface area contributed by atoms with Gasteiger partial charge in [0.2, 0.25) is 0 Å². The normalized spacial score (nSPS) is 10.3. The number of rotatable bonds is 8. The van der Waals surface area contributed by atoms with Crippen molar-refractivity contribution in [3.05, 3.63) is 68.2 Å². The van der Waals surface area contributed by atoms with Crippen LogP contribution in [0.15, 0.2) is 36.4 Å². The van der Waals surface area contributed by atoms with Gasteiger partial charge in [-0.25, -0.2) is 0 Å². The number of anilines is 1. The average molecular weight is 419 g/mol. The number of carbonyl (C=O) groups excluding carboxylic acids is 3. The van der Waals surface area contributed by atoms with Crippen LogP contribution in [-0.2, 0) is 14.3 Å². The zero-order chi connectivity index (χ0) is 21.6. The fourth-order valence-corrected chi connectivity index (χ4v) is 2.72. The van der Waals surface area contributed by atoms with Crippen molar-refractivity contribution < 1.29 is 24.0 Å². The fraction of sp³-hybridized carbons (Fsp3) is 0.250. The lowest BCUT2D eigenvalue weighted by Gasteiger charge is -2.08. The van der Waals surface area contributed by atoms with Crippen molar-refractivity contribution in [1.82, 2.24) is 0 Å². The predicted molar refractivity (Wildman–Crippen MR) is 107 cm³/mol. The average Bonchev–Trinajstić information content (AvgIpc) is 2.67. The van der Waals surface area contributed by atoms with Crippen molar-refractivity contribution in [3.8, 4) is 0 Å². The molecule has 0 heterocycles. The second kappa shape index (κ2) is 9.79. The van der Waals surface area contributed by atoms with Crippen LogP contribution in [0.4, 0.5) is 11.4 Å². The molecule has 152 valence electrons. The lowest BCUT2D eigenvalue weighted by Crippen LogP contribution is -2.21. The van der Waals surface area contributed by atoms with E-state index in [9.17, 15) is 24.5 Å². The van der Waals surface area contributed by atoms with Gasteiger partial charge < -0.3 is 10.1 Å². The van der Waals surface area contributed by atoms with Gasteiger partial charge in [0.25, 0.3) is 11.6 Å². The third kappa shape index (κ3) is 6.39. The van der Waals surface area contributed by atoms with Crippen LogP contribution in [0.25, 0.3) is 0 Å². The maximum atomic E-state index is 12.3. The summed E-state index contributed by atoms with van der Waals surface area (Å²) in [5.41, 5.74) is 1.86. The van der Waals surface area contributed by atoms with Crippen molar-refractivity contribution in [2.24, 2.45) is 0 Å². The van der Waals surface area contributed by atoms with E-state index in [0.717, 1.165) is 17.2 Å². The molecule has 0 aromatic heterocycles. The highest BCUT2D eigenvalue weighted by molar-refractivity contribution is 6.31. The highest BCUT2D eigenvalue weighted by Gasteiger charge is 2.18. The Balaban J connectivity index is 1.85. The first kappa shape index (κ1) is 22.0. The Morgan fingerprint density at radius 1 is 1.10 bits per heavy atom. The summed E-state index contributed by atoms with van der Waals surface area (Å²) in [6, 6.07) is 9.25. The van der Waals surface area contributed by atoms with Gasteiger partial charge in [-0.15, -0.1) is 0 Å². The minimum absolute atomic E-state index is 0.0482. The molecule has 0 aliphatic heterocycles. The van der Waals surface area contributed by atoms with Crippen LogP contribution in [0.3, 0.4) is 0 Å². The minimum atomic E-state index is -0.746. The lowest BCUT2D eigenvalue weighted by molar-refractivity contribution is -0.383. The van der Waals surface area contributed by atoms with Gasteiger partial charge in [0.05, 0.1) is 11.3 Å². The Hall–Kier alpha value is -3.26. The van der Waals surface area contributed by atoms with Crippen LogP contribution in [0.2, 0.25) is 5.02 Å². The SMILES string of the molecule is Cc1ccc(C)c(C(=O)CCC(=O)OCC(=O)Nc2ccc(Cl)cc2[N+](=O)[O-])c1. The zero-order valence-corrected chi connectivity index (χ0v) is 16.6. The van der Waals surface area contributed by atoms with Crippen molar-refractivity contribution >= 4 is 40.6 Å². The smallest absolute Gasteiger partial charge is 0.306 e. The summed E-state index contributed by atoms with van der Waals surface area (Å²) in [4.78, 5) is 46.3. The van der Waals surface area contributed by atoms with E-state index in [-0.39, 0.29) is 35.0 Å². The summed E-state index contributed by atoms with van der Waals surface area (Å²) < 4.78 is 4.84. The van der Waals surface area contributed by atoms with Crippen LogP contribution < -0.4 is 5.32 Å². The molecule has 0 fully saturated rings. The maximum absolute atomic E-state index is 12.3. The van der Waals surface area contributed by atoms with E-state index in [1.54, 1.807) is 6.07 Å². The molecule has 1 amide bonds. The molecule has 0 aliphatic carbocycles. The monoisotopic (exact) mass is 418 g/mol. The van der Waals surface area contributed by atoms with E-state index in [1.165, 1.54) is 12.1 Å². The Morgan fingerprint density at radius 2 is 1.83 bits per heavy atom. The number of nitro benzene ring substituents is 1. The molecular weight excluding hydrogens is 400 g/mol. The zero-order valence-electron chi connectivity index (χ0n) is 15.9. The van der Waals surface area contributed by atoms with Crippen molar-refractivity contribution in [3.63, 3.8) is 0 Å². The van der Waals surface area contributed by atoms with Gasteiger partial charge in [0.15, 0.2) is 12.4 Å². The molecule has 0 aliphatic rings. The van der Waals surface area contributed by atoms with Gasteiger partial charge in [-0.2, -0.15) is 0 Å². The number of carbonyl (C=O) groups is 3. The number of halogens is 1. The quantitative estimate of drug-likeness (QED) is 0.299. The molecule has 0 saturated carbocycles. The number of aryl methyl sites for hydroxylation is 2. The van der Waals surface area contributed by atoms with Crippen molar-refractivity contribution in [2.45, 2.75) is 26.7 Å². The highest BCUT2D eigenvalue weighted by atomic mass is 35.5. The number of ketones is 1. The second-order valence-corrected chi connectivity index (χ2v) is 6.81. The Kier molecular flexibility index (Phi) is 7.44. The number of esters is 1. The van der Waals surface area contributed by atoms with Crippen LogP contribution in [0, 0.1) is 24.0 Å². The van der Waals surface area contributed by atoms with Crippen LogP contribution in [0.5, 0.6) is 0 Å². The largest absolute Gasteiger partial charge is 0.456 e. The van der Waals surface area contributed by atoms with Crippen LogP contribution in [-0.4, -0.2) is 29.2 Å². The van der Waals surface area contributed by atoms with Gasteiger partial charge in [0, 0.05) is 23.1 Å². The van der Waals surface area contributed by atoms with Gasteiger partial charge in [0.1, 0.15) is 5.69 Å². The number of Topliss-reactive ketones (excluding diaryl/α,β-unsaturated/α-hetero) is 1. The Morgan fingerprint density at radius 3 is 2.52 bits per heavy atom. The number of benzene rings is 2. The summed E-state index contributed by atoms with van der Waals surface area (Å²) in [6.07, 6.45) is -0.228. The van der Waals surface area contributed by atoms with E-state index >= 15 is 0 Å². The van der Waals surface area contributed by atoms with Gasteiger partial charge >= 0.3 is 5.97 Å². The summed E-state index contributed by atoms with van der Waals surface area (Å²) in [5, 5.41) is 13.5. The first-order valence-electron chi connectivity index (χ1n) is 8.67. The van der Waals surface area contributed by atoms with E-state index in [1.807, 2.05) is 26.0 Å². The molecular formula is C20H19ClN2O6. The lowest BCUT2D eigenvalue weighted by atomic mass is 9.99. The van der Waals surface area contributed by atoms with Crippen molar-refractivity contribution in [2.75, 3.05) is 11.9 Å². The van der Waals surface area contributed by atoms with Gasteiger partial charge in [-0.3, -0.25) is 24.5 Å². The maximum Gasteiger partial charge on any atom is 0.306 e. The molecule has 2 aromatic rings. The number of nitrogens with one attached hydrogen (secondary N) is 1. The van der Waals surface area contributed by atoms with Crippen LogP contribution >= 0.6 is 11.6 Å². The first-order chi connectivity index (χ1) is 13.7. The molecule has 0 radical (unpaired) electrons. The molecule has 1 N–H and O–H groups in total. The first-order valence-corrected chi connectivity index (χ1v) is 9.05. The number of nitro groups is 1. The third-order valence-electron chi connectivity index (χ3n) is 4.04. The minimum Gasteiger partial charge on any atom is -0.456 e. The topological polar surface area (TPSA) is 116 Å². The summed E-state index contributed by atoms with van der Waals surface area (Å²) in [5.74, 6) is -1.65. The van der Waals surface area contributed by atoms with Gasteiger partial charge in [-0.05, 0) is 37.6 Å². The van der Waals surface area contributed by atoms with E-state index < -0.39 is 23.4 Å². The standard InChI is InChI=1S/C20H19ClN2O6/c1-12-3-4-13(2)15(9-12)18(24)7-8-20(26)29-11-19(25)22-16-6-5-14(21)10-17(16)23(27)28/h3-6,9-10H,7-8,11H2,1-2H3,(H,22,25). The van der Waals surface area contributed by atoms with E-state index in [2.05, 4.69) is 5.32 Å². The third-order valence-corrected chi connectivity index (χ3v) is 4.28. The number of hydrogen-bond donors (Lipinski definition) is 1. The molecule has 2 rings (SSSR count). The van der Waals surface area contributed by atoms with E-state index in [4.69, 9.17) is 16.3 Å². The number of amides is 1. The fourth-order valence-electron chi connectivity index (χ4n) is 2.55. The molecule has 9 heteroatoms. The molecule has 8 nitrogen and oxygen atoms in total. The summed E-state index contributed by atoms with van der Waals surface area (Å²) in [6.45, 7) is 3.05. The van der Waals surface area contributed by atoms with Crippen LogP contribution in [0.1, 0.15) is 34.3 Å². The predicted octanol–water partition coefficient (Wildman–Crippen LogP) is 4.01. The second-order valence-electron chi connectivity index (χ2n) is 6.37. The molecule has 0 spiro atoms. The van der Waals surface area contributed by atoms with Crippen molar-refractivity contribution in [1.29, 1.82) is 0 Å². The Bertz CT molecular complexity index is 973. The number of hydrogen-bond acceptors (Lipinski definition) is 6. The molecule has 0 bridgehead atoms. The molecule has 0 unspecified atom stereocenters. The summed E-state index contributed by atoms with van der Waals surface area (Å²) in [7, 11) is 0. The number of ether oxygens (including phenoxy) is 1. The molecule has 2 aromatic carbocycles. The number of nitrogens with zero attached hydrogens (tertiary/aromatic N) is 1. The Labute approximate surface area is 172 Å².